The zero-order valence-electron chi connectivity index (χ0n) is 10.5. The predicted molar refractivity (Wildman–Crippen MR) is 71.2 cm³/mol. The van der Waals surface area contributed by atoms with Gasteiger partial charge in [0.05, 0.1) is 0 Å². The first-order valence-electron chi connectivity index (χ1n) is 5.74. The van der Waals surface area contributed by atoms with Crippen LogP contribution in [0.2, 0.25) is 0 Å². The summed E-state index contributed by atoms with van der Waals surface area (Å²) in [6.07, 6.45) is 13.0. The fourth-order valence-electron chi connectivity index (χ4n) is 2.15. The molecule has 0 saturated heterocycles. The van der Waals surface area contributed by atoms with Crippen molar-refractivity contribution in [2.45, 2.75) is 27.7 Å². The third-order valence-electron chi connectivity index (χ3n) is 3.56. The highest BCUT2D eigenvalue weighted by Gasteiger charge is 2.14. The van der Waals surface area contributed by atoms with Gasteiger partial charge in [-0.3, -0.25) is 0 Å². The Morgan fingerprint density at radius 2 is 1.50 bits per heavy atom. The van der Waals surface area contributed by atoms with Gasteiger partial charge in [-0.1, -0.05) is 36.5 Å². The van der Waals surface area contributed by atoms with Crippen molar-refractivity contribution < 1.29 is 0 Å². The summed E-state index contributed by atoms with van der Waals surface area (Å²) in [6.45, 7) is 8.82. The van der Waals surface area contributed by atoms with Crippen LogP contribution in [0.1, 0.15) is 27.7 Å². The van der Waals surface area contributed by atoms with Crippen molar-refractivity contribution in [3.8, 4) is 0 Å². The van der Waals surface area contributed by atoms with Gasteiger partial charge in [-0.2, -0.15) is 0 Å². The molecule has 0 heterocycles. The van der Waals surface area contributed by atoms with Gasteiger partial charge in [0, 0.05) is 0 Å². The summed E-state index contributed by atoms with van der Waals surface area (Å²) < 4.78 is 0. The molecule has 0 aromatic rings. The molecule has 0 fully saturated rings. The Hall–Kier alpha value is -1.56. The first-order valence-corrected chi connectivity index (χ1v) is 5.74. The predicted octanol–water partition coefficient (Wildman–Crippen LogP) is 4.65. The van der Waals surface area contributed by atoms with E-state index in [0.717, 1.165) is 0 Å². The molecule has 0 amide bonds. The van der Waals surface area contributed by atoms with Crippen LogP contribution in [0.4, 0.5) is 0 Å². The highest BCUT2D eigenvalue weighted by Crippen LogP contribution is 2.33. The van der Waals surface area contributed by atoms with E-state index in [2.05, 4.69) is 64.2 Å². The number of fused-ring (bicyclic) bond motifs is 1. The second-order valence-electron chi connectivity index (χ2n) is 4.48. The molecular formula is C16H18. The smallest absolute Gasteiger partial charge is 0.0152 e. The van der Waals surface area contributed by atoms with Gasteiger partial charge in [-0.25, -0.2) is 0 Å². The monoisotopic (exact) mass is 210 g/mol. The third-order valence-corrected chi connectivity index (χ3v) is 3.56. The second-order valence-corrected chi connectivity index (χ2v) is 4.48. The average molecular weight is 210 g/mol. The van der Waals surface area contributed by atoms with E-state index in [0.29, 0.717) is 0 Å². The Morgan fingerprint density at radius 1 is 0.750 bits per heavy atom. The normalized spacial score (nSPS) is 20.2. The molecule has 0 nitrogen and oxygen atoms in total. The maximum absolute atomic E-state index is 2.28. The molecule has 0 radical (unpaired) electrons. The molecule has 0 heteroatoms. The second kappa shape index (κ2) is 4.13. The molecule has 0 spiro atoms. The van der Waals surface area contributed by atoms with Crippen molar-refractivity contribution in [1.82, 2.24) is 0 Å². The van der Waals surface area contributed by atoms with Crippen LogP contribution in [-0.2, 0) is 0 Å². The van der Waals surface area contributed by atoms with Crippen molar-refractivity contribution in [3.05, 3.63) is 69.9 Å². The van der Waals surface area contributed by atoms with Crippen LogP contribution in [-0.4, -0.2) is 0 Å². The Morgan fingerprint density at radius 3 is 2.25 bits per heavy atom. The minimum atomic E-state index is 1.32. The summed E-state index contributed by atoms with van der Waals surface area (Å²) in [5.74, 6) is 0. The van der Waals surface area contributed by atoms with Gasteiger partial charge in [0.1, 0.15) is 0 Å². The first-order chi connectivity index (χ1) is 7.61. The van der Waals surface area contributed by atoms with Crippen LogP contribution in [0.25, 0.3) is 0 Å². The maximum Gasteiger partial charge on any atom is -0.0152 e. The first kappa shape index (κ1) is 10.9. The molecule has 0 saturated carbocycles. The van der Waals surface area contributed by atoms with Gasteiger partial charge in [0.15, 0.2) is 0 Å². The van der Waals surface area contributed by atoms with Gasteiger partial charge in [-0.15, -0.1) is 0 Å². The van der Waals surface area contributed by atoms with Crippen LogP contribution in [0.15, 0.2) is 69.9 Å². The number of hydrogen-bond acceptors (Lipinski definition) is 0. The molecule has 0 aromatic heterocycles. The minimum Gasteiger partial charge on any atom is -0.0622 e. The molecule has 0 atom stereocenters. The SMILES string of the molecule is CC1=C(C)C(C)=C(C)C2=CC=CC=CC2=C1. The Bertz CT molecular complexity index is 500. The van der Waals surface area contributed by atoms with Crippen LogP contribution in [0, 0.1) is 0 Å². The summed E-state index contributed by atoms with van der Waals surface area (Å²) in [5, 5.41) is 0. The van der Waals surface area contributed by atoms with Crippen molar-refractivity contribution in [2.24, 2.45) is 0 Å². The van der Waals surface area contributed by atoms with Crippen molar-refractivity contribution in [2.75, 3.05) is 0 Å². The molecule has 2 aliphatic rings. The lowest BCUT2D eigenvalue weighted by atomic mass is 9.95. The number of rotatable bonds is 0. The largest absolute Gasteiger partial charge is 0.0622 e. The Balaban J connectivity index is 2.70. The number of allylic oxidation sites excluding steroid dienone is 12. The van der Waals surface area contributed by atoms with Gasteiger partial charge in [0.2, 0.25) is 0 Å². The van der Waals surface area contributed by atoms with E-state index in [-0.39, 0.29) is 0 Å². The fourth-order valence-corrected chi connectivity index (χ4v) is 2.15. The quantitative estimate of drug-likeness (QED) is 0.546. The topological polar surface area (TPSA) is 0 Å². The van der Waals surface area contributed by atoms with Gasteiger partial charge in [0.25, 0.3) is 0 Å². The molecule has 16 heavy (non-hydrogen) atoms. The van der Waals surface area contributed by atoms with Crippen LogP contribution >= 0.6 is 0 Å². The number of hydrogen-bond donors (Lipinski definition) is 0. The summed E-state index contributed by atoms with van der Waals surface area (Å²) in [7, 11) is 0. The molecule has 0 bridgehead atoms. The lowest BCUT2D eigenvalue weighted by Crippen LogP contribution is -1.91. The van der Waals surface area contributed by atoms with Gasteiger partial charge >= 0.3 is 0 Å². The highest BCUT2D eigenvalue weighted by molar-refractivity contribution is 5.62. The van der Waals surface area contributed by atoms with E-state index >= 15 is 0 Å². The maximum atomic E-state index is 2.28. The fraction of sp³-hybridized carbons (Fsp3) is 0.250. The third kappa shape index (κ3) is 1.76. The molecular weight excluding hydrogens is 192 g/mol. The van der Waals surface area contributed by atoms with E-state index in [1.54, 1.807) is 0 Å². The van der Waals surface area contributed by atoms with E-state index < -0.39 is 0 Å². The summed E-state index contributed by atoms with van der Waals surface area (Å²) >= 11 is 0. The van der Waals surface area contributed by atoms with E-state index in [4.69, 9.17) is 0 Å². The summed E-state index contributed by atoms with van der Waals surface area (Å²) in [5.41, 5.74) is 8.21. The van der Waals surface area contributed by atoms with Crippen molar-refractivity contribution in [3.63, 3.8) is 0 Å². The summed E-state index contributed by atoms with van der Waals surface area (Å²) in [4.78, 5) is 0. The molecule has 0 unspecified atom stereocenters. The average Bonchev–Trinajstić information content (AvgIpc) is 2.53. The van der Waals surface area contributed by atoms with Gasteiger partial charge < -0.3 is 0 Å². The Labute approximate surface area is 98.1 Å². The molecule has 2 rings (SSSR count). The molecule has 2 aliphatic carbocycles. The zero-order valence-corrected chi connectivity index (χ0v) is 10.5. The van der Waals surface area contributed by atoms with Crippen LogP contribution in [0.3, 0.4) is 0 Å². The van der Waals surface area contributed by atoms with Gasteiger partial charge in [-0.05, 0) is 61.1 Å². The molecule has 0 N–H and O–H groups in total. The molecule has 0 aliphatic heterocycles. The molecule has 82 valence electrons. The van der Waals surface area contributed by atoms with Crippen molar-refractivity contribution >= 4 is 0 Å². The standard InChI is InChI=1S/C16H18/c1-11-10-15-8-6-5-7-9-16(15)14(4)13(3)12(11)2/h5-10H,1-4H3. The lowest BCUT2D eigenvalue weighted by Gasteiger charge is -2.10. The Kier molecular flexibility index (Phi) is 2.82. The zero-order chi connectivity index (χ0) is 11.7. The minimum absolute atomic E-state index is 1.32. The lowest BCUT2D eigenvalue weighted by molar-refractivity contribution is 1.23. The highest BCUT2D eigenvalue weighted by atomic mass is 14.2. The van der Waals surface area contributed by atoms with E-state index in [1.165, 1.54) is 33.4 Å². The van der Waals surface area contributed by atoms with E-state index in [1.807, 2.05) is 0 Å². The van der Waals surface area contributed by atoms with Crippen molar-refractivity contribution in [1.29, 1.82) is 0 Å². The molecule has 0 aromatic carbocycles. The van der Waals surface area contributed by atoms with E-state index in [9.17, 15) is 0 Å². The summed E-state index contributed by atoms with van der Waals surface area (Å²) in [6, 6.07) is 0. The van der Waals surface area contributed by atoms with Crippen LogP contribution in [0.5, 0.6) is 0 Å². The van der Waals surface area contributed by atoms with Crippen LogP contribution < -0.4 is 0 Å².